The normalized spacial score (nSPS) is 10.1. The molecule has 0 radical (unpaired) electrons. The number of nitrogens with zero attached hydrogens (tertiary/aromatic N) is 2. The van der Waals surface area contributed by atoms with Crippen LogP contribution in [0.25, 0.3) is 0 Å². The van der Waals surface area contributed by atoms with Gasteiger partial charge in [0.1, 0.15) is 11.6 Å². The lowest BCUT2D eigenvalue weighted by molar-refractivity contribution is 0.315. The molecule has 4 heteroatoms. The van der Waals surface area contributed by atoms with Gasteiger partial charge in [-0.25, -0.2) is 0 Å². The van der Waals surface area contributed by atoms with Crippen LogP contribution in [0.2, 0.25) is 0 Å². The second kappa shape index (κ2) is 6.59. The van der Waals surface area contributed by atoms with E-state index in [0.29, 0.717) is 6.61 Å². The molecule has 1 aromatic heterocycles. The largest absolute Gasteiger partial charge is 0.494 e. The van der Waals surface area contributed by atoms with E-state index in [4.69, 9.17) is 4.74 Å². The summed E-state index contributed by atoms with van der Waals surface area (Å²) < 4.78 is 5.59. The van der Waals surface area contributed by atoms with Crippen molar-refractivity contribution in [3.05, 3.63) is 48.2 Å². The monoisotopic (exact) mass is 243 g/mol. The predicted molar refractivity (Wildman–Crippen MR) is 71.8 cm³/mol. The number of hydrogen-bond acceptors (Lipinski definition) is 4. The minimum Gasteiger partial charge on any atom is -0.494 e. The molecule has 0 fully saturated rings. The highest BCUT2D eigenvalue weighted by Crippen LogP contribution is 2.08. The number of hydrogen-bond donors (Lipinski definition) is 1. The molecule has 0 aliphatic rings. The first kappa shape index (κ1) is 12.4. The van der Waals surface area contributed by atoms with Crippen molar-refractivity contribution in [2.45, 2.75) is 13.3 Å². The Hall–Kier alpha value is -2.10. The second-order valence-corrected chi connectivity index (χ2v) is 4.00. The Labute approximate surface area is 107 Å². The Morgan fingerprint density at radius 3 is 2.61 bits per heavy atom. The molecule has 1 N–H and O–H groups in total. The van der Waals surface area contributed by atoms with E-state index < -0.39 is 0 Å². The minimum absolute atomic E-state index is 0.691. The molecule has 0 spiro atoms. The highest BCUT2D eigenvalue weighted by atomic mass is 16.5. The van der Waals surface area contributed by atoms with Gasteiger partial charge < -0.3 is 10.1 Å². The third kappa shape index (κ3) is 4.05. The van der Waals surface area contributed by atoms with E-state index in [2.05, 4.69) is 15.5 Å². The van der Waals surface area contributed by atoms with Gasteiger partial charge in [-0.05, 0) is 37.6 Å². The van der Waals surface area contributed by atoms with E-state index in [1.807, 2.05) is 49.4 Å². The number of para-hydroxylation sites is 1. The van der Waals surface area contributed by atoms with Crippen molar-refractivity contribution in [1.82, 2.24) is 10.2 Å². The van der Waals surface area contributed by atoms with Crippen LogP contribution in [0.15, 0.2) is 42.5 Å². The van der Waals surface area contributed by atoms with Gasteiger partial charge in [-0.1, -0.05) is 18.2 Å². The minimum atomic E-state index is 0.691. The van der Waals surface area contributed by atoms with Crippen LogP contribution in [0.1, 0.15) is 12.1 Å². The van der Waals surface area contributed by atoms with Gasteiger partial charge >= 0.3 is 0 Å². The van der Waals surface area contributed by atoms with Crippen LogP contribution in [-0.2, 0) is 0 Å². The molecule has 0 bridgehead atoms. The smallest absolute Gasteiger partial charge is 0.148 e. The van der Waals surface area contributed by atoms with Gasteiger partial charge in [0.25, 0.3) is 0 Å². The van der Waals surface area contributed by atoms with Gasteiger partial charge in [0, 0.05) is 6.54 Å². The van der Waals surface area contributed by atoms with Crippen LogP contribution in [0.3, 0.4) is 0 Å². The molecule has 0 saturated heterocycles. The second-order valence-electron chi connectivity index (χ2n) is 4.00. The fourth-order valence-electron chi connectivity index (χ4n) is 1.49. The Morgan fingerprint density at radius 2 is 1.89 bits per heavy atom. The number of ether oxygens (including phenoxy) is 1. The van der Waals surface area contributed by atoms with Gasteiger partial charge in [0.15, 0.2) is 0 Å². The summed E-state index contributed by atoms with van der Waals surface area (Å²) in [5.74, 6) is 1.72. The highest BCUT2D eigenvalue weighted by Gasteiger charge is 1.95. The Bertz CT molecular complexity index is 456. The van der Waals surface area contributed by atoms with Gasteiger partial charge in [0.05, 0.1) is 12.3 Å². The number of aromatic nitrogens is 2. The van der Waals surface area contributed by atoms with Gasteiger partial charge in [0.2, 0.25) is 0 Å². The van der Waals surface area contributed by atoms with Gasteiger partial charge in [-0.15, -0.1) is 5.10 Å². The summed E-state index contributed by atoms with van der Waals surface area (Å²) in [6, 6.07) is 13.7. The molecule has 0 saturated carbocycles. The molecule has 0 amide bonds. The maximum atomic E-state index is 5.59. The van der Waals surface area contributed by atoms with Crippen molar-refractivity contribution in [2.75, 3.05) is 18.5 Å². The number of rotatable bonds is 6. The maximum absolute atomic E-state index is 5.59. The Kier molecular flexibility index (Phi) is 4.53. The van der Waals surface area contributed by atoms with Crippen molar-refractivity contribution in [2.24, 2.45) is 0 Å². The van der Waals surface area contributed by atoms with E-state index in [1.54, 1.807) is 0 Å². The summed E-state index contributed by atoms with van der Waals surface area (Å²) in [5, 5.41) is 11.2. The first-order valence-electron chi connectivity index (χ1n) is 6.06. The molecule has 1 aromatic carbocycles. The van der Waals surface area contributed by atoms with Crippen LogP contribution in [0.4, 0.5) is 5.82 Å². The van der Waals surface area contributed by atoms with E-state index >= 15 is 0 Å². The van der Waals surface area contributed by atoms with Crippen molar-refractivity contribution < 1.29 is 4.74 Å². The standard InChI is InChI=1S/C14H17N3O/c1-12-8-9-14(17-16-12)15-10-5-11-18-13-6-3-2-4-7-13/h2-4,6-9H,5,10-11H2,1H3,(H,15,17). The van der Waals surface area contributed by atoms with Crippen LogP contribution >= 0.6 is 0 Å². The third-order valence-electron chi connectivity index (χ3n) is 2.44. The zero-order chi connectivity index (χ0) is 12.6. The molecule has 0 aliphatic heterocycles. The molecule has 0 atom stereocenters. The molecule has 94 valence electrons. The summed E-state index contributed by atoms with van der Waals surface area (Å²) in [6.07, 6.45) is 0.921. The van der Waals surface area contributed by atoms with Gasteiger partial charge in [-0.3, -0.25) is 0 Å². The SMILES string of the molecule is Cc1ccc(NCCCOc2ccccc2)nn1. The van der Waals surface area contributed by atoms with Crippen LogP contribution in [-0.4, -0.2) is 23.3 Å². The highest BCUT2D eigenvalue weighted by molar-refractivity contribution is 5.32. The molecule has 1 heterocycles. The zero-order valence-corrected chi connectivity index (χ0v) is 10.5. The summed E-state index contributed by atoms with van der Waals surface area (Å²) in [7, 11) is 0. The summed E-state index contributed by atoms with van der Waals surface area (Å²) >= 11 is 0. The quantitative estimate of drug-likeness (QED) is 0.792. The van der Waals surface area contributed by atoms with Crippen molar-refractivity contribution in [3.8, 4) is 5.75 Å². The molecule has 0 unspecified atom stereocenters. The van der Waals surface area contributed by atoms with E-state index in [1.165, 1.54) is 0 Å². The number of nitrogens with one attached hydrogen (secondary N) is 1. The van der Waals surface area contributed by atoms with E-state index in [-0.39, 0.29) is 0 Å². The lowest BCUT2D eigenvalue weighted by atomic mass is 10.3. The van der Waals surface area contributed by atoms with E-state index in [0.717, 1.165) is 30.2 Å². The zero-order valence-electron chi connectivity index (χ0n) is 10.5. The van der Waals surface area contributed by atoms with E-state index in [9.17, 15) is 0 Å². The molecule has 2 rings (SSSR count). The number of anilines is 1. The third-order valence-corrected chi connectivity index (χ3v) is 2.44. The van der Waals surface area contributed by atoms with Crippen LogP contribution in [0, 0.1) is 6.92 Å². The molecule has 4 nitrogen and oxygen atoms in total. The molecular weight excluding hydrogens is 226 g/mol. The average Bonchev–Trinajstić information content (AvgIpc) is 2.42. The number of aryl methyl sites for hydroxylation is 1. The van der Waals surface area contributed by atoms with Crippen molar-refractivity contribution in [3.63, 3.8) is 0 Å². The summed E-state index contributed by atoms with van der Waals surface area (Å²) in [6.45, 7) is 3.44. The summed E-state index contributed by atoms with van der Waals surface area (Å²) in [5.41, 5.74) is 0.924. The first-order chi connectivity index (χ1) is 8.84. The van der Waals surface area contributed by atoms with Crippen molar-refractivity contribution in [1.29, 1.82) is 0 Å². The fraction of sp³-hybridized carbons (Fsp3) is 0.286. The molecule has 0 aliphatic carbocycles. The molecule has 2 aromatic rings. The lowest BCUT2D eigenvalue weighted by Crippen LogP contribution is -2.08. The average molecular weight is 243 g/mol. The van der Waals surface area contributed by atoms with Gasteiger partial charge in [-0.2, -0.15) is 5.10 Å². The summed E-state index contributed by atoms with van der Waals surface area (Å²) in [4.78, 5) is 0. The maximum Gasteiger partial charge on any atom is 0.148 e. The van der Waals surface area contributed by atoms with Crippen molar-refractivity contribution >= 4 is 5.82 Å². The first-order valence-corrected chi connectivity index (χ1v) is 6.06. The number of benzene rings is 1. The predicted octanol–water partition coefficient (Wildman–Crippen LogP) is 2.67. The molecular formula is C14H17N3O. The Balaban J connectivity index is 1.63. The van der Waals surface area contributed by atoms with Crippen LogP contribution in [0.5, 0.6) is 5.75 Å². The molecule has 18 heavy (non-hydrogen) atoms. The Morgan fingerprint density at radius 1 is 1.06 bits per heavy atom. The fourth-order valence-corrected chi connectivity index (χ4v) is 1.49. The van der Waals surface area contributed by atoms with Crippen LogP contribution < -0.4 is 10.1 Å². The topological polar surface area (TPSA) is 47.0 Å². The lowest BCUT2D eigenvalue weighted by Gasteiger charge is -2.07.